The lowest BCUT2D eigenvalue weighted by Crippen LogP contribution is -1.96. The molecular formula is C10H5N3O7. The van der Waals surface area contributed by atoms with Gasteiger partial charge in [-0.15, -0.1) is 0 Å². The first kappa shape index (κ1) is 13.1. The molecule has 2 aromatic carbocycles. The van der Waals surface area contributed by atoms with Gasteiger partial charge >= 0.3 is 5.69 Å². The summed E-state index contributed by atoms with van der Waals surface area (Å²) < 4.78 is 0. The lowest BCUT2D eigenvalue weighted by Gasteiger charge is -2.03. The van der Waals surface area contributed by atoms with Crippen molar-refractivity contribution >= 4 is 27.8 Å². The van der Waals surface area contributed by atoms with Crippen molar-refractivity contribution in [1.29, 1.82) is 0 Å². The lowest BCUT2D eigenvalue weighted by molar-refractivity contribution is -0.393. The van der Waals surface area contributed by atoms with Gasteiger partial charge in [-0.2, -0.15) is 0 Å². The van der Waals surface area contributed by atoms with E-state index < -0.39 is 37.6 Å². The Morgan fingerprint density at radius 1 is 0.800 bits per heavy atom. The number of hydrogen-bond acceptors (Lipinski definition) is 7. The molecule has 0 aliphatic rings. The molecule has 0 aliphatic carbocycles. The Labute approximate surface area is 109 Å². The summed E-state index contributed by atoms with van der Waals surface area (Å²) in [6.45, 7) is 0. The zero-order valence-electron chi connectivity index (χ0n) is 9.55. The second kappa shape index (κ2) is 4.42. The minimum absolute atomic E-state index is 0.122. The standard InChI is InChI=1S/C10H5N3O7/c14-10-7-3-5(11(15)16)1-2-6(7)8(12(17)18)4-9(10)13(19)20/h1-4,14H. The number of nitrogens with zero attached hydrogens (tertiary/aromatic N) is 3. The maximum atomic E-state index is 10.9. The van der Waals surface area contributed by atoms with Crippen LogP contribution in [0.1, 0.15) is 0 Å². The summed E-state index contributed by atoms with van der Waals surface area (Å²) in [5.74, 6) is -0.848. The molecule has 20 heavy (non-hydrogen) atoms. The average molecular weight is 279 g/mol. The highest BCUT2D eigenvalue weighted by Gasteiger charge is 2.26. The molecule has 0 unspecified atom stereocenters. The van der Waals surface area contributed by atoms with E-state index >= 15 is 0 Å². The highest BCUT2D eigenvalue weighted by atomic mass is 16.6. The van der Waals surface area contributed by atoms with E-state index in [0.29, 0.717) is 6.07 Å². The van der Waals surface area contributed by atoms with Crippen molar-refractivity contribution in [2.75, 3.05) is 0 Å². The van der Waals surface area contributed by atoms with Crippen LogP contribution in [0.4, 0.5) is 17.1 Å². The van der Waals surface area contributed by atoms with Crippen LogP contribution in [0, 0.1) is 30.3 Å². The first-order chi connectivity index (χ1) is 9.32. The molecule has 0 spiro atoms. The summed E-state index contributed by atoms with van der Waals surface area (Å²) in [4.78, 5) is 29.7. The number of non-ortho nitro benzene ring substituents is 2. The quantitative estimate of drug-likeness (QED) is 0.668. The maximum Gasteiger partial charge on any atom is 0.318 e. The zero-order valence-corrected chi connectivity index (χ0v) is 9.55. The molecule has 1 N–H and O–H groups in total. The Hall–Kier alpha value is -3.30. The van der Waals surface area contributed by atoms with Crippen molar-refractivity contribution in [3.63, 3.8) is 0 Å². The molecule has 0 aromatic heterocycles. The van der Waals surface area contributed by atoms with Crippen LogP contribution in [0.25, 0.3) is 10.8 Å². The Bertz CT molecular complexity index is 771. The van der Waals surface area contributed by atoms with Gasteiger partial charge in [0.25, 0.3) is 11.4 Å². The van der Waals surface area contributed by atoms with Crippen LogP contribution in [0.3, 0.4) is 0 Å². The van der Waals surface area contributed by atoms with Gasteiger partial charge in [0, 0.05) is 17.5 Å². The maximum absolute atomic E-state index is 10.9. The van der Waals surface area contributed by atoms with Crippen LogP contribution >= 0.6 is 0 Å². The normalized spacial score (nSPS) is 10.4. The number of phenolic OH excluding ortho intramolecular Hbond substituents is 1. The summed E-state index contributed by atoms with van der Waals surface area (Å²) in [7, 11) is 0. The van der Waals surface area contributed by atoms with E-state index in [1.807, 2.05) is 0 Å². The third-order valence-corrected chi connectivity index (χ3v) is 2.65. The molecular weight excluding hydrogens is 274 g/mol. The van der Waals surface area contributed by atoms with Crippen molar-refractivity contribution in [3.05, 3.63) is 54.6 Å². The Kier molecular flexibility index (Phi) is 2.90. The van der Waals surface area contributed by atoms with Crippen LogP contribution in [0.2, 0.25) is 0 Å². The average Bonchev–Trinajstić information content (AvgIpc) is 2.37. The molecule has 0 atom stereocenters. The smallest absolute Gasteiger partial charge is 0.318 e. The number of benzene rings is 2. The molecule has 0 bridgehead atoms. The molecule has 10 heteroatoms. The molecule has 102 valence electrons. The van der Waals surface area contributed by atoms with Crippen LogP contribution < -0.4 is 0 Å². The fourth-order valence-corrected chi connectivity index (χ4v) is 1.77. The second-order valence-corrected chi connectivity index (χ2v) is 3.76. The molecule has 0 heterocycles. The predicted octanol–water partition coefficient (Wildman–Crippen LogP) is 2.27. The molecule has 0 saturated heterocycles. The van der Waals surface area contributed by atoms with Crippen LogP contribution in [-0.4, -0.2) is 19.9 Å². The van der Waals surface area contributed by atoms with Crippen LogP contribution in [0.15, 0.2) is 24.3 Å². The molecule has 0 fully saturated rings. The van der Waals surface area contributed by atoms with Crippen LogP contribution in [-0.2, 0) is 0 Å². The predicted molar refractivity (Wildman–Crippen MR) is 65.6 cm³/mol. The molecule has 2 aromatic rings. The number of aromatic hydroxyl groups is 1. The largest absolute Gasteiger partial charge is 0.502 e. The fraction of sp³-hybridized carbons (Fsp3) is 0. The van der Waals surface area contributed by atoms with E-state index in [0.717, 1.165) is 18.2 Å². The van der Waals surface area contributed by atoms with E-state index in [-0.39, 0.29) is 10.8 Å². The third kappa shape index (κ3) is 1.94. The number of phenols is 1. The van der Waals surface area contributed by atoms with Crippen molar-refractivity contribution in [2.24, 2.45) is 0 Å². The number of rotatable bonds is 3. The topological polar surface area (TPSA) is 150 Å². The SMILES string of the molecule is O=[N+]([O-])c1ccc2c([N+](=O)[O-])cc([N+](=O)[O-])c(O)c2c1. The number of hydrogen-bond donors (Lipinski definition) is 1. The van der Waals surface area contributed by atoms with Gasteiger partial charge in [-0.05, 0) is 6.07 Å². The number of fused-ring (bicyclic) bond motifs is 1. The van der Waals surface area contributed by atoms with E-state index in [2.05, 4.69) is 0 Å². The first-order valence-electron chi connectivity index (χ1n) is 5.06. The van der Waals surface area contributed by atoms with Crippen molar-refractivity contribution in [2.45, 2.75) is 0 Å². The number of nitro benzene ring substituents is 3. The Morgan fingerprint density at radius 2 is 1.40 bits per heavy atom. The molecule has 0 amide bonds. The molecule has 0 radical (unpaired) electrons. The minimum Gasteiger partial charge on any atom is -0.502 e. The van der Waals surface area contributed by atoms with Crippen molar-refractivity contribution in [1.82, 2.24) is 0 Å². The van der Waals surface area contributed by atoms with Gasteiger partial charge in [0.15, 0.2) is 0 Å². The summed E-state index contributed by atoms with van der Waals surface area (Å²) in [5.41, 5.74) is -1.94. The van der Waals surface area contributed by atoms with Crippen molar-refractivity contribution < 1.29 is 19.9 Å². The third-order valence-electron chi connectivity index (χ3n) is 2.65. The summed E-state index contributed by atoms with van der Waals surface area (Å²) in [6.07, 6.45) is 0. The zero-order chi connectivity index (χ0) is 15.0. The highest BCUT2D eigenvalue weighted by Crippen LogP contribution is 2.41. The lowest BCUT2D eigenvalue weighted by atomic mass is 10.1. The van der Waals surface area contributed by atoms with Gasteiger partial charge in [-0.1, -0.05) is 0 Å². The summed E-state index contributed by atoms with van der Waals surface area (Å²) in [6, 6.07) is 3.55. The van der Waals surface area contributed by atoms with E-state index in [9.17, 15) is 35.4 Å². The highest BCUT2D eigenvalue weighted by molar-refractivity contribution is 5.99. The monoisotopic (exact) mass is 279 g/mol. The van der Waals surface area contributed by atoms with Crippen LogP contribution in [0.5, 0.6) is 5.75 Å². The van der Waals surface area contributed by atoms with Gasteiger partial charge in [0.05, 0.1) is 26.2 Å². The Balaban J connectivity index is 2.94. The van der Waals surface area contributed by atoms with Gasteiger partial charge < -0.3 is 5.11 Å². The number of nitro groups is 3. The Morgan fingerprint density at radius 3 is 1.90 bits per heavy atom. The van der Waals surface area contributed by atoms with Gasteiger partial charge in [0.1, 0.15) is 0 Å². The second-order valence-electron chi connectivity index (χ2n) is 3.76. The summed E-state index contributed by atoms with van der Waals surface area (Å²) in [5, 5.41) is 41.6. The van der Waals surface area contributed by atoms with E-state index in [1.165, 1.54) is 0 Å². The van der Waals surface area contributed by atoms with E-state index in [1.54, 1.807) is 0 Å². The summed E-state index contributed by atoms with van der Waals surface area (Å²) >= 11 is 0. The van der Waals surface area contributed by atoms with Gasteiger partial charge in [-0.25, -0.2) is 0 Å². The van der Waals surface area contributed by atoms with E-state index in [4.69, 9.17) is 0 Å². The molecule has 10 nitrogen and oxygen atoms in total. The van der Waals surface area contributed by atoms with Crippen molar-refractivity contribution in [3.8, 4) is 5.75 Å². The molecule has 2 rings (SSSR count). The fourth-order valence-electron chi connectivity index (χ4n) is 1.77. The molecule has 0 aliphatic heterocycles. The van der Waals surface area contributed by atoms with Gasteiger partial charge in [0.2, 0.25) is 5.75 Å². The van der Waals surface area contributed by atoms with Gasteiger partial charge in [-0.3, -0.25) is 30.3 Å². The first-order valence-corrected chi connectivity index (χ1v) is 5.06. The molecule has 0 saturated carbocycles. The minimum atomic E-state index is -0.999.